The molecule has 2 heterocycles. The van der Waals surface area contributed by atoms with E-state index in [-0.39, 0.29) is 36.9 Å². The maximum absolute atomic E-state index is 13.0. The molecule has 0 bridgehead atoms. The first kappa shape index (κ1) is 48.6. The fourth-order valence-electron chi connectivity index (χ4n) is 9.00. The minimum absolute atomic E-state index is 0.0112. The van der Waals surface area contributed by atoms with Gasteiger partial charge in [-0.15, -0.1) is 0 Å². The van der Waals surface area contributed by atoms with Crippen molar-refractivity contribution in [3.8, 4) is 46.0 Å². The van der Waals surface area contributed by atoms with E-state index >= 15 is 0 Å². The van der Waals surface area contributed by atoms with Gasteiger partial charge in [-0.2, -0.15) is 0 Å². The zero-order valence-electron chi connectivity index (χ0n) is 39.3. The molecule has 0 saturated carbocycles. The van der Waals surface area contributed by atoms with Crippen LogP contribution in [0.4, 0.5) is 0 Å². The molecule has 0 spiro atoms. The van der Waals surface area contributed by atoms with Crippen LogP contribution in [0.5, 0.6) is 46.0 Å². The van der Waals surface area contributed by atoms with Crippen LogP contribution in [0.2, 0.25) is 0 Å². The Morgan fingerprint density at radius 2 is 0.815 bits per heavy atom. The number of hydrogen-bond acceptors (Lipinski definition) is 14. The number of hydrogen-bond donors (Lipinski definition) is 0. The van der Waals surface area contributed by atoms with Gasteiger partial charge in [-0.25, -0.2) is 0 Å². The number of methoxy groups -OCH3 is 8. The number of carbonyl (C=O) groups is 2. The fourth-order valence-corrected chi connectivity index (χ4v) is 9.00. The highest BCUT2D eigenvalue weighted by Crippen LogP contribution is 2.42. The van der Waals surface area contributed by atoms with Crippen molar-refractivity contribution in [1.82, 2.24) is 9.80 Å². The molecule has 4 aromatic rings. The Morgan fingerprint density at radius 1 is 0.462 bits per heavy atom. The second-order valence-electron chi connectivity index (χ2n) is 16.2. The predicted octanol–water partition coefficient (Wildman–Crippen LogP) is 7.78. The molecule has 6 rings (SSSR count). The van der Waals surface area contributed by atoms with Crippen molar-refractivity contribution in [2.45, 2.75) is 69.9 Å². The van der Waals surface area contributed by atoms with E-state index in [1.807, 2.05) is 36.4 Å². The molecular weight excluding hydrogens is 833 g/mol. The average Bonchev–Trinajstić information content (AvgIpc) is 3.34. The third kappa shape index (κ3) is 12.3. The second-order valence-corrected chi connectivity index (χ2v) is 16.2. The molecule has 4 aromatic carbocycles. The lowest BCUT2D eigenvalue weighted by Gasteiger charge is -2.38. The van der Waals surface area contributed by atoms with Gasteiger partial charge < -0.3 is 47.4 Å². The number of carbonyl (C=O) groups excluding carboxylic acids is 2. The molecular formula is C51H66N2O12. The number of nitrogens with zero attached hydrogens (tertiary/aromatic N) is 2. The zero-order valence-corrected chi connectivity index (χ0v) is 39.3. The van der Waals surface area contributed by atoms with Gasteiger partial charge in [0.1, 0.15) is 0 Å². The summed E-state index contributed by atoms with van der Waals surface area (Å²) in [6.45, 7) is 3.29. The van der Waals surface area contributed by atoms with Crippen LogP contribution in [-0.4, -0.2) is 118 Å². The molecule has 0 amide bonds. The van der Waals surface area contributed by atoms with Gasteiger partial charge in [0.25, 0.3) is 0 Å². The lowest BCUT2D eigenvalue weighted by Crippen LogP contribution is -2.38. The molecule has 0 aliphatic carbocycles. The molecule has 2 atom stereocenters. The summed E-state index contributed by atoms with van der Waals surface area (Å²) in [7, 11) is 13.1. The number of ether oxygens (including phenoxy) is 10. The van der Waals surface area contributed by atoms with Gasteiger partial charge in [0.2, 0.25) is 0 Å². The molecule has 0 saturated heterocycles. The van der Waals surface area contributed by atoms with E-state index in [4.69, 9.17) is 47.4 Å². The van der Waals surface area contributed by atoms with Crippen molar-refractivity contribution < 1.29 is 57.0 Å². The molecule has 0 radical (unpaired) electrons. The molecule has 0 aromatic heterocycles. The summed E-state index contributed by atoms with van der Waals surface area (Å²) in [6.07, 6.45) is 5.69. The monoisotopic (exact) mass is 898 g/mol. The van der Waals surface area contributed by atoms with E-state index in [1.165, 1.54) is 11.1 Å². The fraction of sp³-hybridized carbons (Fsp3) is 0.490. The molecule has 352 valence electrons. The van der Waals surface area contributed by atoms with E-state index in [0.29, 0.717) is 98.0 Å². The highest BCUT2D eigenvalue weighted by molar-refractivity contribution is 5.70. The van der Waals surface area contributed by atoms with Crippen LogP contribution in [0.1, 0.15) is 77.6 Å². The Hall–Kier alpha value is -5.86. The highest BCUT2D eigenvalue weighted by atomic mass is 16.5. The molecule has 2 aliphatic heterocycles. The third-order valence-corrected chi connectivity index (χ3v) is 12.5. The average molecular weight is 899 g/mol. The van der Waals surface area contributed by atoms with Crippen molar-refractivity contribution in [3.63, 3.8) is 0 Å². The van der Waals surface area contributed by atoms with E-state index in [9.17, 15) is 9.59 Å². The Morgan fingerprint density at radius 3 is 1.18 bits per heavy atom. The van der Waals surface area contributed by atoms with Gasteiger partial charge in [0.15, 0.2) is 46.0 Å². The quantitative estimate of drug-likeness (QED) is 0.0501. The molecule has 0 unspecified atom stereocenters. The largest absolute Gasteiger partial charge is 0.493 e. The topological polar surface area (TPSA) is 133 Å². The van der Waals surface area contributed by atoms with Crippen molar-refractivity contribution in [2.75, 3.05) is 96.3 Å². The number of fused-ring (bicyclic) bond motifs is 2. The van der Waals surface area contributed by atoms with Crippen molar-refractivity contribution >= 4 is 11.9 Å². The van der Waals surface area contributed by atoms with Crippen LogP contribution < -0.4 is 37.9 Å². The lowest BCUT2D eigenvalue weighted by atomic mass is 9.88. The van der Waals surface area contributed by atoms with Crippen LogP contribution in [0.15, 0.2) is 60.7 Å². The van der Waals surface area contributed by atoms with Crippen LogP contribution in [0.3, 0.4) is 0 Å². The lowest BCUT2D eigenvalue weighted by molar-refractivity contribution is -0.144. The first-order valence-corrected chi connectivity index (χ1v) is 22.4. The normalized spacial score (nSPS) is 15.8. The first-order chi connectivity index (χ1) is 31.7. The van der Waals surface area contributed by atoms with Crippen molar-refractivity contribution in [2.24, 2.45) is 0 Å². The summed E-state index contributed by atoms with van der Waals surface area (Å²) in [6, 6.07) is 20.2. The summed E-state index contributed by atoms with van der Waals surface area (Å²) >= 11 is 0. The molecule has 0 fully saturated rings. The van der Waals surface area contributed by atoms with Crippen LogP contribution in [0, 0.1) is 0 Å². The first-order valence-electron chi connectivity index (χ1n) is 22.4. The number of rotatable bonds is 24. The third-order valence-electron chi connectivity index (χ3n) is 12.5. The van der Waals surface area contributed by atoms with Gasteiger partial charge in [0.05, 0.1) is 82.9 Å². The van der Waals surface area contributed by atoms with Gasteiger partial charge in [-0.05, 0) is 127 Å². The minimum atomic E-state index is -0.234. The molecule has 65 heavy (non-hydrogen) atoms. The van der Waals surface area contributed by atoms with Crippen molar-refractivity contribution in [3.05, 3.63) is 94.0 Å². The van der Waals surface area contributed by atoms with Crippen LogP contribution in [0.25, 0.3) is 0 Å². The maximum Gasteiger partial charge on any atom is 0.307 e. The minimum Gasteiger partial charge on any atom is -0.493 e. The summed E-state index contributed by atoms with van der Waals surface area (Å²) in [5.41, 5.74) is 6.86. The standard InChI is InChI=1S/C51H66N2O12/c1-56-42-14-12-34(28-44(42)58-3)26-40-38-32-48(62-7)46(60-5)30-36(38)16-20-52(40)22-18-50(54)64-24-10-9-11-25-65-51(55)19-23-53-21-17-37-31-47(61-6)49(63-8)33-39(37)41(53)27-35-13-15-43(57-2)45(29-35)59-4/h12-15,28-33,40-41H,9-11,16-27H2,1-8H3/t40-,41-/m0/s1. The Bertz CT molecular complexity index is 2060. The van der Waals surface area contributed by atoms with Crippen LogP contribution in [-0.2, 0) is 44.7 Å². The Balaban J connectivity index is 0.957. The van der Waals surface area contributed by atoms with E-state index in [2.05, 4.69) is 34.1 Å². The van der Waals surface area contributed by atoms with Gasteiger partial charge in [0, 0.05) is 38.3 Å². The van der Waals surface area contributed by atoms with E-state index < -0.39 is 0 Å². The number of esters is 2. The molecule has 14 nitrogen and oxygen atoms in total. The number of benzene rings is 4. The van der Waals surface area contributed by atoms with E-state index in [1.54, 1.807) is 56.9 Å². The summed E-state index contributed by atoms with van der Waals surface area (Å²) in [4.78, 5) is 30.7. The Kier molecular flexibility index (Phi) is 17.9. The number of unbranched alkanes of at least 4 members (excludes halogenated alkanes) is 2. The van der Waals surface area contributed by atoms with E-state index in [0.717, 1.165) is 54.6 Å². The predicted molar refractivity (Wildman–Crippen MR) is 247 cm³/mol. The molecule has 14 heteroatoms. The highest BCUT2D eigenvalue weighted by Gasteiger charge is 2.32. The SMILES string of the molecule is COc1ccc(C[C@H]2c3cc(OC)c(OC)cc3CCN2CCC(=O)OCCCCCOC(=O)CCN2CCc3cc(OC)c(OC)cc3[C@@H]2Cc2ccc(OC)c(OC)c2)cc1OC. The second kappa shape index (κ2) is 23.9. The molecule has 2 aliphatic rings. The Labute approximate surface area is 383 Å². The summed E-state index contributed by atoms with van der Waals surface area (Å²) in [5, 5.41) is 0. The van der Waals surface area contributed by atoms with Gasteiger partial charge >= 0.3 is 11.9 Å². The summed E-state index contributed by atoms with van der Waals surface area (Å²) in [5.74, 6) is 4.96. The molecule has 0 N–H and O–H groups in total. The maximum atomic E-state index is 13.0. The van der Waals surface area contributed by atoms with Gasteiger partial charge in [-0.3, -0.25) is 19.4 Å². The van der Waals surface area contributed by atoms with Gasteiger partial charge in [-0.1, -0.05) is 12.1 Å². The van der Waals surface area contributed by atoms with Crippen LogP contribution >= 0.6 is 0 Å². The zero-order chi connectivity index (χ0) is 46.3. The smallest absolute Gasteiger partial charge is 0.307 e. The van der Waals surface area contributed by atoms with Crippen molar-refractivity contribution in [1.29, 1.82) is 0 Å². The summed E-state index contributed by atoms with van der Waals surface area (Å²) < 4.78 is 56.1.